The Balaban J connectivity index is 2.02. The number of aromatic nitrogens is 1. The molecule has 22 heavy (non-hydrogen) atoms. The van der Waals surface area contributed by atoms with Gasteiger partial charge in [-0.3, -0.25) is 14.0 Å². The van der Waals surface area contributed by atoms with Crippen LogP contribution in [-0.2, 0) is 19.1 Å². The van der Waals surface area contributed by atoms with Crippen molar-refractivity contribution in [2.45, 2.75) is 22.8 Å². The second-order valence-corrected chi connectivity index (χ2v) is 7.13. The number of benzene rings is 1. The van der Waals surface area contributed by atoms with Crippen LogP contribution in [0.5, 0.6) is 0 Å². The van der Waals surface area contributed by atoms with Crippen molar-refractivity contribution >= 4 is 28.2 Å². The Morgan fingerprint density at radius 3 is 2.41 bits per heavy atom. The van der Waals surface area contributed by atoms with Gasteiger partial charge in [0.2, 0.25) is 6.29 Å². The number of rotatable bonds is 7. The van der Waals surface area contributed by atoms with Crippen molar-refractivity contribution in [2.75, 3.05) is 5.75 Å². The van der Waals surface area contributed by atoms with Gasteiger partial charge < -0.3 is 0 Å². The van der Waals surface area contributed by atoms with E-state index in [1.54, 1.807) is 42.9 Å². The van der Waals surface area contributed by atoms with Crippen LogP contribution >= 0.6 is 11.8 Å². The van der Waals surface area contributed by atoms with Crippen molar-refractivity contribution in [2.24, 2.45) is 0 Å². The number of carbonyl (C=O) groups excluding carboxylic acids is 1. The van der Waals surface area contributed by atoms with Gasteiger partial charge in [-0.15, -0.1) is 11.8 Å². The molecule has 0 N–H and O–H groups in total. The molecule has 1 radical (unpaired) electrons. The van der Waals surface area contributed by atoms with E-state index in [1.165, 1.54) is 23.9 Å². The smallest absolute Gasteiger partial charge is 0.288 e. The normalized spacial score (nSPS) is 12.8. The summed E-state index contributed by atoms with van der Waals surface area (Å²) in [7, 11) is -3.98. The van der Waals surface area contributed by atoms with Crippen molar-refractivity contribution in [3.8, 4) is 0 Å². The standard InChI is InChI=1S/C15H14NO4S2/c1-12-2-4-15(5-3-12)22(18,19)20-13(10-17)11-21-14-6-8-16-9-7-14/h2-9,13H,11H2,1H3. The van der Waals surface area contributed by atoms with Crippen LogP contribution in [0.4, 0.5) is 0 Å². The highest BCUT2D eigenvalue weighted by atomic mass is 32.2. The van der Waals surface area contributed by atoms with E-state index in [1.807, 2.05) is 6.92 Å². The van der Waals surface area contributed by atoms with Gasteiger partial charge in [-0.05, 0) is 31.2 Å². The molecule has 0 saturated heterocycles. The summed E-state index contributed by atoms with van der Waals surface area (Å²) in [6, 6.07) is 9.76. The van der Waals surface area contributed by atoms with Gasteiger partial charge in [-0.25, -0.2) is 0 Å². The average Bonchev–Trinajstić information content (AvgIpc) is 2.52. The number of hydrogen-bond donors (Lipinski definition) is 0. The van der Waals surface area contributed by atoms with Gasteiger partial charge in [0.1, 0.15) is 0 Å². The Morgan fingerprint density at radius 1 is 1.18 bits per heavy atom. The van der Waals surface area contributed by atoms with E-state index >= 15 is 0 Å². The van der Waals surface area contributed by atoms with Crippen LogP contribution in [0, 0.1) is 6.92 Å². The van der Waals surface area contributed by atoms with Crippen molar-refractivity contribution in [3.05, 3.63) is 54.4 Å². The number of thioether (sulfide) groups is 1. The monoisotopic (exact) mass is 336 g/mol. The van der Waals surface area contributed by atoms with Crippen LogP contribution in [0.1, 0.15) is 5.56 Å². The highest BCUT2D eigenvalue weighted by molar-refractivity contribution is 7.99. The topological polar surface area (TPSA) is 73.3 Å². The second-order valence-electron chi connectivity index (χ2n) is 4.46. The van der Waals surface area contributed by atoms with E-state index in [4.69, 9.17) is 4.18 Å². The summed E-state index contributed by atoms with van der Waals surface area (Å²) in [5.74, 6) is 0.151. The van der Waals surface area contributed by atoms with E-state index in [-0.39, 0.29) is 10.6 Å². The van der Waals surface area contributed by atoms with Gasteiger partial charge in [0.15, 0.2) is 6.10 Å². The Bertz CT molecular complexity index is 715. The van der Waals surface area contributed by atoms with Crippen LogP contribution in [-0.4, -0.2) is 31.5 Å². The first kappa shape index (κ1) is 16.7. The van der Waals surface area contributed by atoms with Crippen molar-refractivity contribution in [3.63, 3.8) is 0 Å². The Labute approximate surface area is 133 Å². The number of pyridine rings is 1. The largest absolute Gasteiger partial charge is 0.297 e. The first-order chi connectivity index (χ1) is 10.5. The molecule has 5 nitrogen and oxygen atoms in total. The molecule has 0 aliphatic carbocycles. The Morgan fingerprint density at radius 2 is 1.82 bits per heavy atom. The van der Waals surface area contributed by atoms with Gasteiger partial charge in [-0.2, -0.15) is 8.42 Å². The molecule has 1 atom stereocenters. The van der Waals surface area contributed by atoms with Gasteiger partial charge in [-0.1, -0.05) is 17.7 Å². The van der Waals surface area contributed by atoms with E-state index in [0.29, 0.717) is 0 Å². The molecule has 0 amide bonds. The van der Waals surface area contributed by atoms with Crippen LogP contribution in [0.3, 0.4) is 0 Å². The zero-order chi connectivity index (χ0) is 16.0. The third kappa shape index (κ3) is 4.66. The summed E-state index contributed by atoms with van der Waals surface area (Å²) in [4.78, 5) is 15.7. The molecule has 0 saturated carbocycles. The number of aryl methyl sites for hydroxylation is 1. The summed E-state index contributed by atoms with van der Waals surface area (Å²) in [6.07, 6.45) is 3.69. The molecule has 1 unspecified atom stereocenters. The predicted molar refractivity (Wildman–Crippen MR) is 83.9 cm³/mol. The molecule has 0 aliphatic rings. The molecule has 0 spiro atoms. The van der Waals surface area contributed by atoms with E-state index in [9.17, 15) is 13.2 Å². The zero-order valence-electron chi connectivity index (χ0n) is 11.8. The first-order valence-corrected chi connectivity index (χ1v) is 8.81. The fourth-order valence-electron chi connectivity index (χ4n) is 1.60. The summed E-state index contributed by atoms with van der Waals surface area (Å²) in [6.45, 7) is 1.85. The molecule has 2 aromatic rings. The van der Waals surface area contributed by atoms with Crippen molar-refractivity contribution < 1.29 is 17.4 Å². The van der Waals surface area contributed by atoms with Gasteiger partial charge in [0, 0.05) is 23.0 Å². The SMILES string of the molecule is Cc1ccc(S(=O)(=O)OC([C]=O)CSc2ccncc2)cc1. The lowest BCUT2D eigenvalue weighted by molar-refractivity contribution is 0.286. The molecule has 0 fully saturated rings. The molecule has 2 rings (SSSR count). The fraction of sp³-hybridized carbons (Fsp3) is 0.200. The lowest BCUT2D eigenvalue weighted by Gasteiger charge is -2.11. The summed E-state index contributed by atoms with van der Waals surface area (Å²) in [5.41, 5.74) is 0.936. The number of nitrogens with zero attached hydrogens (tertiary/aromatic N) is 1. The van der Waals surface area contributed by atoms with Crippen molar-refractivity contribution in [1.29, 1.82) is 0 Å². The lowest BCUT2D eigenvalue weighted by Crippen LogP contribution is -2.22. The van der Waals surface area contributed by atoms with Gasteiger partial charge in [0.25, 0.3) is 10.1 Å². The minimum Gasteiger partial charge on any atom is -0.288 e. The van der Waals surface area contributed by atoms with E-state index in [0.717, 1.165) is 10.5 Å². The third-order valence-electron chi connectivity index (χ3n) is 2.74. The molecule has 115 valence electrons. The first-order valence-electron chi connectivity index (χ1n) is 6.42. The lowest BCUT2D eigenvalue weighted by atomic mass is 10.2. The molecule has 1 heterocycles. The van der Waals surface area contributed by atoms with Crippen LogP contribution < -0.4 is 0 Å². The zero-order valence-corrected chi connectivity index (χ0v) is 13.4. The molecule has 0 bridgehead atoms. The quantitative estimate of drug-likeness (QED) is 0.571. The molecule has 7 heteroatoms. The van der Waals surface area contributed by atoms with Gasteiger partial charge >= 0.3 is 0 Å². The maximum atomic E-state index is 12.1. The summed E-state index contributed by atoms with van der Waals surface area (Å²) in [5, 5.41) is 0. The highest BCUT2D eigenvalue weighted by Crippen LogP contribution is 2.20. The predicted octanol–water partition coefficient (Wildman–Crippen LogP) is 2.37. The fourth-order valence-corrected chi connectivity index (χ4v) is 3.48. The number of hydrogen-bond acceptors (Lipinski definition) is 6. The minimum absolute atomic E-state index is 0.0206. The summed E-state index contributed by atoms with van der Waals surface area (Å²) < 4.78 is 29.2. The maximum absolute atomic E-state index is 12.1. The third-order valence-corrected chi connectivity index (χ3v) is 5.15. The summed E-state index contributed by atoms with van der Waals surface area (Å²) >= 11 is 1.30. The Kier molecular flexibility index (Phi) is 5.70. The molecular weight excluding hydrogens is 322 g/mol. The van der Waals surface area contributed by atoms with Crippen LogP contribution in [0.2, 0.25) is 0 Å². The molecule has 0 aliphatic heterocycles. The van der Waals surface area contributed by atoms with E-state index < -0.39 is 16.2 Å². The average molecular weight is 336 g/mol. The maximum Gasteiger partial charge on any atom is 0.297 e. The molecule has 1 aromatic carbocycles. The van der Waals surface area contributed by atoms with Crippen molar-refractivity contribution in [1.82, 2.24) is 4.98 Å². The molecular formula is C15H14NO4S2. The van der Waals surface area contributed by atoms with Gasteiger partial charge in [0.05, 0.1) is 4.90 Å². The molecule has 1 aromatic heterocycles. The van der Waals surface area contributed by atoms with Crippen LogP contribution in [0.15, 0.2) is 58.6 Å². The van der Waals surface area contributed by atoms with Crippen LogP contribution in [0.25, 0.3) is 0 Å². The van der Waals surface area contributed by atoms with E-state index in [2.05, 4.69) is 4.98 Å². The second kappa shape index (κ2) is 7.53. The Hall–Kier alpha value is -1.70. The highest BCUT2D eigenvalue weighted by Gasteiger charge is 2.22. The minimum atomic E-state index is -3.98.